The fraction of sp³-hybridized carbons (Fsp3) is 0.200. The summed E-state index contributed by atoms with van der Waals surface area (Å²) in [6.45, 7) is 3.64. The van der Waals surface area contributed by atoms with Crippen molar-refractivity contribution in [3.63, 3.8) is 0 Å². The van der Waals surface area contributed by atoms with Crippen LogP contribution in [0.1, 0.15) is 47.7 Å². The van der Waals surface area contributed by atoms with Crippen LogP contribution in [-0.2, 0) is 9.53 Å². The van der Waals surface area contributed by atoms with Gasteiger partial charge in [0.05, 0.1) is 40.8 Å². The molecule has 0 spiro atoms. The minimum absolute atomic E-state index is 0.122. The molecule has 0 radical (unpaired) electrons. The molecule has 1 amide bonds. The third-order valence-corrected chi connectivity index (χ3v) is 7.39. The Labute approximate surface area is 242 Å². The lowest BCUT2D eigenvalue weighted by atomic mass is 10.0. The van der Waals surface area contributed by atoms with E-state index in [0.717, 1.165) is 17.1 Å². The Bertz CT molecular complexity index is 1570. The van der Waals surface area contributed by atoms with Gasteiger partial charge < -0.3 is 24.8 Å². The lowest BCUT2D eigenvalue weighted by molar-refractivity contribution is -0.118. The summed E-state index contributed by atoms with van der Waals surface area (Å²) in [4.78, 5) is 31.5. The second-order valence-corrected chi connectivity index (χ2v) is 10.4. The summed E-state index contributed by atoms with van der Waals surface area (Å²) in [6.07, 6.45) is 3.65. The van der Waals surface area contributed by atoms with Crippen molar-refractivity contribution in [2.75, 3.05) is 17.3 Å². The van der Waals surface area contributed by atoms with Gasteiger partial charge in [0.25, 0.3) is 0 Å². The molecular weight excluding hydrogens is 546 g/mol. The van der Waals surface area contributed by atoms with Gasteiger partial charge in [-0.05, 0) is 66.8 Å². The number of benzene rings is 2. The Morgan fingerprint density at radius 2 is 1.85 bits per heavy atom. The van der Waals surface area contributed by atoms with E-state index in [4.69, 9.17) is 28.6 Å². The molecule has 8 nitrogen and oxygen atoms in total. The van der Waals surface area contributed by atoms with Gasteiger partial charge in [0.15, 0.2) is 5.11 Å². The molecule has 4 aromatic rings. The number of esters is 1. The number of hydrogen-bond donors (Lipinski definition) is 2. The first kappa shape index (κ1) is 27.4. The number of carbonyl (C=O) groups is 2. The predicted octanol–water partition coefficient (Wildman–Crippen LogP) is 6.08. The van der Waals surface area contributed by atoms with E-state index in [1.165, 1.54) is 7.11 Å². The van der Waals surface area contributed by atoms with Gasteiger partial charge in [-0.2, -0.15) is 0 Å². The molecule has 1 saturated heterocycles. The lowest BCUT2D eigenvalue weighted by Gasteiger charge is -2.29. The number of rotatable bonds is 7. The van der Waals surface area contributed by atoms with Crippen LogP contribution in [0.4, 0.5) is 11.4 Å². The summed E-state index contributed by atoms with van der Waals surface area (Å²) in [5.74, 6) is -0.738. The van der Waals surface area contributed by atoms with Gasteiger partial charge in [-0.1, -0.05) is 43.6 Å². The Kier molecular flexibility index (Phi) is 7.86. The normalized spacial score (nSPS) is 16.6. The lowest BCUT2D eigenvalue weighted by Crippen LogP contribution is -2.30. The fourth-order valence-corrected chi connectivity index (χ4v) is 5.35. The molecule has 40 heavy (non-hydrogen) atoms. The number of carbonyl (C=O) groups excluding carboxylic acids is 2. The number of ether oxygens (including phenoxy) is 1. The highest BCUT2D eigenvalue weighted by molar-refractivity contribution is 7.80. The van der Waals surface area contributed by atoms with Crippen LogP contribution in [0.2, 0.25) is 5.02 Å². The molecule has 2 aromatic carbocycles. The van der Waals surface area contributed by atoms with Gasteiger partial charge in [0.1, 0.15) is 6.04 Å². The summed E-state index contributed by atoms with van der Waals surface area (Å²) >= 11 is 12.5. The number of aromatic nitrogens is 2. The van der Waals surface area contributed by atoms with Crippen LogP contribution in [-0.4, -0.2) is 33.6 Å². The number of thiocarbonyl (C=S) groups is 1. The number of hydrogen-bond acceptors (Lipinski definition) is 5. The second-order valence-electron chi connectivity index (χ2n) is 9.62. The zero-order valence-corrected chi connectivity index (χ0v) is 23.7. The third-order valence-electron chi connectivity index (χ3n) is 6.76. The number of halogens is 1. The zero-order chi connectivity index (χ0) is 28.4. The van der Waals surface area contributed by atoms with E-state index in [0.29, 0.717) is 27.1 Å². The molecule has 0 aliphatic carbocycles. The van der Waals surface area contributed by atoms with Crippen LogP contribution in [0, 0.1) is 5.92 Å². The van der Waals surface area contributed by atoms with Gasteiger partial charge in [-0.25, -0.2) is 4.79 Å². The average Bonchev–Trinajstić information content (AvgIpc) is 3.58. The van der Waals surface area contributed by atoms with Crippen molar-refractivity contribution >= 4 is 52.2 Å². The molecule has 1 aliphatic rings. The third kappa shape index (κ3) is 5.17. The van der Waals surface area contributed by atoms with E-state index in [-0.39, 0.29) is 23.9 Å². The number of nitrogens with zero attached hydrogens (tertiary/aromatic N) is 3. The average molecular weight is 574 g/mol. The maximum atomic E-state index is 12.6. The van der Waals surface area contributed by atoms with Crippen LogP contribution < -0.4 is 15.5 Å². The number of nitrogens with one attached hydrogen (secondary N) is 2. The van der Waals surface area contributed by atoms with E-state index >= 15 is 0 Å². The van der Waals surface area contributed by atoms with E-state index in [2.05, 4.69) is 15.6 Å². The molecule has 3 heterocycles. The maximum absolute atomic E-state index is 12.6. The molecule has 1 fully saturated rings. The number of anilines is 2. The number of methoxy groups -OCH3 is 1. The van der Waals surface area contributed by atoms with Crippen molar-refractivity contribution in [1.29, 1.82) is 0 Å². The van der Waals surface area contributed by atoms with E-state index in [1.54, 1.807) is 30.5 Å². The monoisotopic (exact) mass is 573 g/mol. The fourth-order valence-electron chi connectivity index (χ4n) is 4.79. The molecular formula is C30H28ClN5O3S. The highest BCUT2D eigenvalue weighted by atomic mass is 35.5. The summed E-state index contributed by atoms with van der Waals surface area (Å²) in [5, 5.41) is 7.19. The van der Waals surface area contributed by atoms with Crippen LogP contribution in [0.15, 0.2) is 85.2 Å². The van der Waals surface area contributed by atoms with Crippen molar-refractivity contribution in [2.45, 2.75) is 25.9 Å². The molecule has 2 N–H and O–H groups in total. The molecule has 204 valence electrons. The highest BCUT2D eigenvalue weighted by Crippen LogP contribution is 2.43. The van der Waals surface area contributed by atoms with Crippen LogP contribution in [0.3, 0.4) is 0 Å². The summed E-state index contributed by atoms with van der Waals surface area (Å²) < 4.78 is 7.02. The van der Waals surface area contributed by atoms with E-state index < -0.39 is 5.97 Å². The minimum Gasteiger partial charge on any atom is -0.465 e. The topological polar surface area (TPSA) is 88.5 Å². The van der Waals surface area contributed by atoms with Crippen LogP contribution in [0.25, 0.3) is 5.69 Å². The van der Waals surface area contributed by atoms with Gasteiger partial charge in [-0.3, -0.25) is 9.78 Å². The van der Waals surface area contributed by atoms with Gasteiger partial charge in [0.2, 0.25) is 5.91 Å². The zero-order valence-electron chi connectivity index (χ0n) is 22.2. The van der Waals surface area contributed by atoms with E-state index in [9.17, 15) is 9.59 Å². The largest absolute Gasteiger partial charge is 0.465 e. The molecule has 1 aliphatic heterocycles. The second kappa shape index (κ2) is 11.5. The quantitative estimate of drug-likeness (QED) is 0.204. The summed E-state index contributed by atoms with van der Waals surface area (Å²) in [6, 6.07) is 21.7. The predicted molar refractivity (Wildman–Crippen MR) is 160 cm³/mol. The van der Waals surface area contributed by atoms with Gasteiger partial charge in [-0.15, -0.1) is 0 Å². The van der Waals surface area contributed by atoms with Crippen molar-refractivity contribution in [3.05, 3.63) is 107 Å². The molecule has 0 unspecified atom stereocenters. The van der Waals surface area contributed by atoms with Gasteiger partial charge >= 0.3 is 5.97 Å². The van der Waals surface area contributed by atoms with Crippen molar-refractivity contribution in [1.82, 2.24) is 14.9 Å². The Morgan fingerprint density at radius 3 is 2.55 bits per heavy atom. The number of para-hydroxylation sites is 1. The molecule has 5 rings (SSSR count). The highest BCUT2D eigenvalue weighted by Gasteiger charge is 2.42. The van der Waals surface area contributed by atoms with E-state index in [1.807, 2.05) is 78.0 Å². The van der Waals surface area contributed by atoms with Gasteiger partial charge in [0, 0.05) is 29.7 Å². The Hall–Kier alpha value is -4.21. The Balaban J connectivity index is 1.63. The van der Waals surface area contributed by atoms with Crippen molar-refractivity contribution in [2.24, 2.45) is 5.92 Å². The smallest absolute Gasteiger partial charge is 0.339 e. The SMILES string of the molecule is COC(=O)c1ccccc1-n1cccc1[C@@H]1[C@@H](c2ccccn2)NC(=S)N1c1ccc(NC(=O)C(C)C)c(Cl)c1. The first-order chi connectivity index (χ1) is 19.3. The number of amides is 1. The molecule has 10 heteroatoms. The molecule has 0 bridgehead atoms. The first-order valence-corrected chi connectivity index (χ1v) is 13.5. The van der Waals surface area contributed by atoms with Crippen molar-refractivity contribution in [3.8, 4) is 5.69 Å². The van der Waals surface area contributed by atoms with Crippen LogP contribution in [0.5, 0.6) is 0 Å². The summed E-state index contributed by atoms with van der Waals surface area (Å²) in [5.41, 5.74) is 4.05. The molecule has 0 saturated carbocycles. The standard InChI is InChI=1S/C30H28ClN5O3S/c1-18(2)28(37)33-22-14-13-19(17-21(22)31)36-27(26(34-30(36)40)23-10-6-7-15-32-23)25-12-8-16-35(25)24-11-5-4-9-20(24)29(38)39-3/h4-18,26-27H,1-3H3,(H,33,37)(H,34,40)/t26-,27-/m1/s1. The molecule has 2 aromatic heterocycles. The summed E-state index contributed by atoms with van der Waals surface area (Å²) in [7, 11) is 1.37. The first-order valence-electron chi connectivity index (χ1n) is 12.8. The number of pyridine rings is 1. The van der Waals surface area contributed by atoms with Crippen molar-refractivity contribution < 1.29 is 14.3 Å². The Morgan fingerprint density at radius 1 is 1.07 bits per heavy atom. The maximum Gasteiger partial charge on any atom is 0.339 e. The van der Waals surface area contributed by atoms with Crippen LogP contribution >= 0.6 is 23.8 Å². The molecule has 2 atom stereocenters. The minimum atomic E-state index is -0.431.